The van der Waals surface area contributed by atoms with E-state index in [1.807, 2.05) is 26.0 Å². The number of aryl methyl sites for hydroxylation is 2. The van der Waals surface area contributed by atoms with E-state index in [-0.39, 0.29) is 18.9 Å². The van der Waals surface area contributed by atoms with Gasteiger partial charge in [-0.1, -0.05) is 31.7 Å². The van der Waals surface area contributed by atoms with Crippen LogP contribution in [0.25, 0.3) is 0 Å². The summed E-state index contributed by atoms with van der Waals surface area (Å²) in [5, 5.41) is 26.4. The third-order valence-corrected chi connectivity index (χ3v) is 2.25. The van der Waals surface area contributed by atoms with E-state index in [0.29, 0.717) is 5.75 Å². The standard InChI is InChI=1S/C8H10O.C6H6O2.CH4/c1-6-3-4-7(2)8(9)5-6;7-5-3-1-2-4-6(5)8;/h3-5,9H,1-2H3;1-4,7-8H;1H4. The Kier molecular flexibility index (Phi) is 6.35. The maximum atomic E-state index is 9.10. The summed E-state index contributed by atoms with van der Waals surface area (Å²) in [6.07, 6.45) is 0. The summed E-state index contributed by atoms with van der Waals surface area (Å²) < 4.78 is 0. The second-order valence-electron chi connectivity index (χ2n) is 3.78. The van der Waals surface area contributed by atoms with E-state index in [1.54, 1.807) is 18.2 Å². The number of hydrogen-bond acceptors (Lipinski definition) is 3. The minimum Gasteiger partial charge on any atom is -0.508 e. The van der Waals surface area contributed by atoms with Gasteiger partial charge in [-0.3, -0.25) is 0 Å². The van der Waals surface area contributed by atoms with Crippen LogP contribution in [0, 0.1) is 13.8 Å². The maximum Gasteiger partial charge on any atom is 0.157 e. The molecule has 0 aromatic heterocycles. The van der Waals surface area contributed by atoms with Crippen LogP contribution in [0.4, 0.5) is 0 Å². The van der Waals surface area contributed by atoms with Gasteiger partial charge in [-0.05, 0) is 43.2 Å². The molecule has 0 radical (unpaired) electrons. The molecule has 0 saturated carbocycles. The van der Waals surface area contributed by atoms with Crippen LogP contribution >= 0.6 is 0 Å². The molecule has 3 nitrogen and oxygen atoms in total. The first-order valence-electron chi connectivity index (χ1n) is 5.24. The molecule has 0 saturated heterocycles. The molecule has 0 aliphatic carbocycles. The molecule has 98 valence electrons. The van der Waals surface area contributed by atoms with Crippen molar-refractivity contribution >= 4 is 0 Å². The first-order valence-corrected chi connectivity index (χ1v) is 5.24. The van der Waals surface area contributed by atoms with Gasteiger partial charge >= 0.3 is 0 Å². The lowest BCUT2D eigenvalue weighted by molar-refractivity contribution is 0.404. The molecular formula is C15H20O3. The van der Waals surface area contributed by atoms with Crippen LogP contribution in [-0.4, -0.2) is 15.3 Å². The second-order valence-corrected chi connectivity index (χ2v) is 3.78. The van der Waals surface area contributed by atoms with Crippen molar-refractivity contribution in [3.05, 3.63) is 53.6 Å². The third-order valence-electron chi connectivity index (χ3n) is 2.25. The Labute approximate surface area is 108 Å². The van der Waals surface area contributed by atoms with Gasteiger partial charge in [0.05, 0.1) is 0 Å². The van der Waals surface area contributed by atoms with Crippen molar-refractivity contribution in [1.29, 1.82) is 0 Å². The topological polar surface area (TPSA) is 60.7 Å². The van der Waals surface area contributed by atoms with Crippen LogP contribution < -0.4 is 0 Å². The molecule has 2 aromatic rings. The fraction of sp³-hybridized carbons (Fsp3) is 0.200. The molecule has 2 aromatic carbocycles. The molecule has 0 atom stereocenters. The maximum absolute atomic E-state index is 9.10. The van der Waals surface area contributed by atoms with Gasteiger partial charge in [-0.15, -0.1) is 0 Å². The fourth-order valence-corrected chi connectivity index (χ4v) is 1.18. The van der Waals surface area contributed by atoms with E-state index >= 15 is 0 Å². The number of benzene rings is 2. The summed E-state index contributed by atoms with van der Waals surface area (Å²) >= 11 is 0. The Morgan fingerprint density at radius 3 is 1.56 bits per heavy atom. The average molecular weight is 248 g/mol. The zero-order valence-electron chi connectivity index (χ0n) is 9.88. The number of para-hydroxylation sites is 2. The molecule has 3 heteroatoms. The molecular weight excluding hydrogens is 228 g/mol. The first kappa shape index (κ1) is 15.8. The molecule has 0 fully saturated rings. The minimum atomic E-state index is -0.0764. The van der Waals surface area contributed by atoms with Crippen LogP contribution in [0.15, 0.2) is 42.5 Å². The molecule has 0 heterocycles. The van der Waals surface area contributed by atoms with Gasteiger partial charge in [0.15, 0.2) is 11.5 Å². The van der Waals surface area contributed by atoms with Gasteiger partial charge in [0.2, 0.25) is 0 Å². The van der Waals surface area contributed by atoms with Gasteiger partial charge in [-0.25, -0.2) is 0 Å². The Hall–Kier alpha value is -2.16. The molecule has 0 aliphatic heterocycles. The number of aromatic hydroxyl groups is 3. The summed E-state index contributed by atoms with van der Waals surface area (Å²) in [6.45, 7) is 3.84. The Balaban J connectivity index is 0.000000306. The van der Waals surface area contributed by atoms with E-state index in [0.717, 1.165) is 11.1 Å². The number of phenolic OH excluding ortho intramolecular Hbond substituents is 3. The fourth-order valence-electron chi connectivity index (χ4n) is 1.18. The third kappa shape index (κ3) is 4.78. The van der Waals surface area contributed by atoms with E-state index < -0.39 is 0 Å². The van der Waals surface area contributed by atoms with Crippen LogP contribution in [0.5, 0.6) is 17.2 Å². The van der Waals surface area contributed by atoms with E-state index in [4.69, 9.17) is 15.3 Å². The number of phenols is 3. The monoisotopic (exact) mass is 248 g/mol. The number of hydrogen-bond donors (Lipinski definition) is 3. The highest BCUT2D eigenvalue weighted by atomic mass is 16.3. The highest BCUT2D eigenvalue weighted by Gasteiger charge is 1.92. The summed E-state index contributed by atoms with van der Waals surface area (Å²) in [7, 11) is 0. The van der Waals surface area contributed by atoms with Gasteiger partial charge in [0, 0.05) is 0 Å². The van der Waals surface area contributed by atoms with E-state index in [1.165, 1.54) is 12.1 Å². The second kappa shape index (κ2) is 7.22. The van der Waals surface area contributed by atoms with Gasteiger partial charge < -0.3 is 15.3 Å². The lowest BCUT2D eigenvalue weighted by Crippen LogP contribution is -1.74. The molecule has 18 heavy (non-hydrogen) atoms. The SMILES string of the molecule is C.Cc1ccc(C)c(O)c1.Oc1ccccc1O. The Bertz CT molecular complexity index is 472. The van der Waals surface area contributed by atoms with E-state index in [2.05, 4.69) is 0 Å². The molecule has 2 rings (SSSR count). The predicted octanol–water partition coefficient (Wildman–Crippen LogP) is 3.74. The van der Waals surface area contributed by atoms with E-state index in [9.17, 15) is 0 Å². The summed E-state index contributed by atoms with van der Waals surface area (Å²) in [5.41, 5.74) is 2.03. The van der Waals surface area contributed by atoms with Crippen molar-refractivity contribution in [2.24, 2.45) is 0 Å². The van der Waals surface area contributed by atoms with Crippen LogP contribution in [-0.2, 0) is 0 Å². The van der Waals surface area contributed by atoms with Crippen molar-refractivity contribution in [3.63, 3.8) is 0 Å². The highest BCUT2D eigenvalue weighted by Crippen LogP contribution is 2.21. The normalized spacial score (nSPS) is 8.78. The van der Waals surface area contributed by atoms with Crippen molar-refractivity contribution in [3.8, 4) is 17.2 Å². The van der Waals surface area contributed by atoms with Crippen LogP contribution in [0.3, 0.4) is 0 Å². The van der Waals surface area contributed by atoms with Crippen molar-refractivity contribution < 1.29 is 15.3 Å². The molecule has 0 aliphatic rings. The quantitative estimate of drug-likeness (QED) is 0.622. The molecule has 0 amide bonds. The van der Waals surface area contributed by atoms with Gasteiger partial charge in [0.1, 0.15) is 5.75 Å². The lowest BCUT2D eigenvalue weighted by Gasteiger charge is -1.97. The molecule has 0 bridgehead atoms. The van der Waals surface area contributed by atoms with Crippen LogP contribution in [0.2, 0.25) is 0 Å². The van der Waals surface area contributed by atoms with Gasteiger partial charge in [0.25, 0.3) is 0 Å². The first-order chi connectivity index (χ1) is 8.00. The zero-order chi connectivity index (χ0) is 12.8. The predicted molar refractivity (Wildman–Crippen MR) is 74.1 cm³/mol. The Morgan fingerprint density at radius 2 is 1.22 bits per heavy atom. The molecule has 3 N–H and O–H groups in total. The van der Waals surface area contributed by atoms with Crippen molar-refractivity contribution in [2.75, 3.05) is 0 Å². The Morgan fingerprint density at radius 1 is 0.722 bits per heavy atom. The summed E-state index contributed by atoms with van der Waals surface area (Å²) in [6, 6.07) is 11.8. The number of rotatable bonds is 0. The molecule has 0 unspecified atom stereocenters. The highest BCUT2D eigenvalue weighted by molar-refractivity contribution is 5.36. The minimum absolute atomic E-state index is 0. The summed E-state index contributed by atoms with van der Waals surface area (Å²) in [5.74, 6) is 0.231. The van der Waals surface area contributed by atoms with Crippen molar-refractivity contribution in [1.82, 2.24) is 0 Å². The smallest absolute Gasteiger partial charge is 0.157 e. The molecule has 0 spiro atoms. The van der Waals surface area contributed by atoms with Crippen LogP contribution in [0.1, 0.15) is 18.6 Å². The lowest BCUT2D eigenvalue weighted by atomic mass is 10.1. The van der Waals surface area contributed by atoms with Gasteiger partial charge in [-0.2, -0.15) is 0 Å². The average Bonchev–Trinajstić information content (AvgIpc) is 2.29. The summed E-state index contributed by atoms with van der Waals surface area (Å²) in [4.78, 5) is 0. The largest absolute Gasteiger partial charge is 0.508 e. The zero-order valence-corrected chi connectivity index (χ0v) is 9.88. The van der Waals surface area contributed by atoms with Crippen molar-refractivity contribution in [2.45, 2.75) is 21.3 Å².